The number of hydrogen-bond acceptors (Lipinski definition) is 3. The number of para-hydroxylation sites is 1. The molecule has 4 N–H and O–H groups in total. The third-order valence-electron chi connectivity index (χ3n) is 3.62. The highest BCUT2D eigenvalue weighted by molar-refractivity contribution is 5.92. The van der Waals surface area contributed by atoms with Crippen LogP contribution in [0.2, 0.25) is 0 Å². The number of fused-ring (bicyclic) bond motifs is 1. The van der Waals surface area contributed by atoms with Gasteiger partial charge >= 0.3 is 0 Å². The first-order chi connectivity index (χ1) is 11.7. The number of hydrogen-bond donors (Lipinski definition) is 3. The van der Waals surface area contributed by atoms with Crippen molar-refractivity contribution in [1.29, 1.82) is 0 Å². The fourth-order valence-corrected chi connectivity index (χ4v) is 2.35. The topological polar surface area (TPSA) is 75.3 Å². The molecule has 5 heteroatoms. The van der Waals surface area contributed by atoms with Gasteiger partial charge in [-0.2, -0.15) is 0 Å². The lowest BCUT2D eigenvalue weighted by Gasteiger charge is -2.07. The maximum Gasteiger partial charge on any atom is 0.193 e. The van der Waals surface area contributed by atoms with Gasteiger partial charge in [-0.1, -0.05) is 35.9 Å². The van der Waals surface area contributed by atoms with Gasteiger partial charge in [-0.3, -0.25) is 4.99 Å². The zero-order valence-electron chi connectivity index (χ0n) is 13.7. The number of aromatic nitrogens is 1. The SMILES string of the molecule is Cc1ccc(NC(N)=NCCNc2ccc3ccccc3n2)cc1. The van der Waals surface area contributed by atoms with E-state index in [-0.39, 0.29) is 0 Å². The Morgan fingerprint density at radius 2 is 1.83 bits per heavy atom. The summed E-state index contributed by atoms with van der Waals surface area (Å²) in [6.45, 7) is 3.29. The van der Waals surface area contributed by atoms with Crippen LogP contribution in [0.3, 0.4) is 0 Å². The minimum absolute atomic E-state index is 0.409. The minimum Gasteiger partial charge on any atom is -0.370 e. The lowest BCUT2D eigenvalue weighted by Crippen LogP contribution is -2.23. The highest BCUT2D eigenvalue weighted by Gasteiger charge is 1.97. The van der Waals surface area contributed by atoms with E-state index >= 15 is 0 Å². The van der Waals surface area contributed by atoms with E-state index in [0.717, 1.165) is 22.4 Å². The number of aryl methyl sites for hydroxylation is 1. The normalized spacial score (nSPS) is 11.5. The zero-order valence-corrected chi connectivity index (χ0v) is 13.7. The second kappa shape index (κ2) is 7.46. The maximum atomic E-state index is 5.89. The van der Waals surface area contributed by atoms with Crippen molar-refractivity contribution in [1.82, 2.24) is 4.98 Å². The summed E-state index contributed by atoms with van der Waals surface area (Å²) in [7, 11) is 0. The first-order valence-electron chi connectivity index (χ1n) is 7.94. The number of guanidine groups is 1. The molecule has 1 heterocycles. The first-order valence-corrected chi connectivity index (χ1v) is 7.94. The molecule has 0 aliphatic rings. The van der Waals surface area contributed by atoms with Gasteiger partial charge in [-0.05, 0) is 37.3 Å². The Labute approximate surface area is 141 Å². The molecule has 0 spiro atoms. The minimum atomic E-state index is 0.409. The van der Waals surface area contributed by atoms with Crippen molar-refractivity contribution in [3.63, 3.8) is 0 Å². The fourth-order valence-electron chi connectivity index (χ4n) is 2.35. The van der Waals surface area contributed by atoms with Crippen LogP contribution in [-0.2, 0) is 0 Å². The van der Waals surface area contributed by atoms with Gasteiger partial charge in [0.2, 0.25) is 0 Å². The highest BCUT2D eigenvalue weighted by Crippen LogP contribution is 2.14. The molecule has 0 saturated carbocycles. The van der Waals surface area contributed by atoms with E-state index in [4.69, 9.17) is 5.73 Å². The van der Waals surface area contributed by atoms with E-state index in [1.54, 1.807) is 0 Å². The van der Waals surface area contributed by atoms with Crippen LogP contribution in [-0.4, -0.2) is 24.0 Å². The third kappa shape index (κ3) is 4.23. The van der Waals surface area contributed by atoms with Gasteiger partial charge in [0.15, 0.2) is 5.96 Å². The zero-order chi connectivity index (χ0) is 16.8. The largest absolute Gasteiger partial charge is 0.370 e. The molecular formula is C19H21N5. The maximum absolute atomic E-state index is 5.89. The Balaban J connectivity index is 1.50. The smallest absolute Gasteiger partial charge is 0.193 e. The Morgan fingerprint density at radius 1 is 1.04 bits per heavy atom. The molecule has 0 fully saturated rings. The van der Waals surface area contributed by atoms with Gasteiger partial charge < -0.3 is 16.4 Å². The Hall–Kier alpha value is -3.08. The van der Waals surface area contributed by atoms with Gasteiger partial charge in [-0.15, -0.1) is 0 Å². The van der Waals surface area contributed by atoms with E-state index in [1.807, 2.05) is 61.5 Å². The Kier molecular flexibility index (Phi) is 4.91. The lowest BCUT2D eigenvalue weighted by molar-refractivity contribution is 1.01. The molecule has 0 aliphatic heterocycles. The van der Waals surface area contributed by atoms with Crippen molar-refractivity contribution in [3.8, 4) is 0 Å². The monoisotopic (exact) mass is 319 g/mol. The van der Waals surface area contributed by atoms with Crippen molar-refractivity contribution in [2.75, 3.05) is 23.7 Å². The average molecular weight is 319 g/mol. The molecule has 2 aromatic carbocycles. The van der Waals surface area contributed by atoms with E-state index < -0.39 is 0 Å². The number of benzene rings is 2. The van der Waals surface area contributed by atoms with E-state index in [0.29, 0.717) is 19.0 Å². The molecule has 0 amide bonds. The molecule has 0 aliphatic carbocycles. The molecule has 0 atom stereocenters. The summed E-state index contributed by atoms with van der Waals surface area (Å²) in [6, 6.07) is 20.1. The first kappa shape index (κ1) is 15.8. The summed E-state index contributed by atoms with van der Waals surface area (Å²) >= 11 is 0. The summed E-state index contributed by atoms with van der Waals surface area (Å²) in [5.41, 5.74) is 9.02. The molecule has 24 heavy (non-hydrogen) atoms. The average Bonchev–Trinajstić information content (AvgIpc) is 2.60. The standard InChI is InChI=1S/C19H21N5/c1-14-6-9-16(10-7-14)23-19(20)22-13-12-21-18-11-8-15-4-2-3-5-17(15)24-18/h2-11H,12-13H2,1H3,(H,21,24)(H3,20,22,23). The summed E-state index contributed by atoms with van der Waals surface area (Å²) in [4.78, 5) is 8.87. The van der Waals surface area contributed by atoms with Crippen molar-refractivity contribution < 1.29 is 0 Å². The van der Waals surface area contributed by atoms with E-state index in [9.17, 15) is 0 Å². The predicted octanol–water partition coefficient (Wildman–Crippen LogP) is 3.38. The van der Waals surface area contributed by atoms with Crippen molar-refractivity contribution in [2.45, 2.75) is 6.92 Å². The highest BCUT2D eigenvalue weighted by atomic mass is 15.1. The molecule has 0 saturated heterocycles. The van der Waals surface area contributed by atoms with Gasteiger partial charge in [0.1, 0.15) is 5.82 Å². The van der Waals surface area contributed by atoms with Gasteiger partial charge in [-0.25, -0.2) is 4.98 Å². The van der Waals surface area contributed by atoms with Crippen LogP contribution < -0.4 is 16.4 Å². The van der Waals surface area contributed by atoms with Gasteiger partial charge in [0.05, 0.1) is 12.1 Å². The second-order valence-corrected chi connectivity index (χ2v) is 5.57. The van der Waals surface area contributed by atoms with E-state index in [1.165, 1.54) is 5.56 Å². The lowest BCUT2D eigenvalue weighted by atomic mass is 10.2. The number of pyridine rings is 1. The number of aliphatic imine (C=N–C) groups is 1. The molecule has 0 bridgehead atoms. The Morgan fingerprint density at radius 3 is 2.67 bits per heavy atom. The van der Waals surface area contributed by atoms with E-state index in [2.05, 4.69) is 26.7 Å². The van der Waals surface area contributed by atoms with Crippen LogP contribution in [0.15, 0.2) is 65.7 Å². The molecule has 5 nitrogen and oxygen atoms in total. The quantitative estimate of drug-likeness (QED) is 0.383. The van der Waals surface area contributed by atoms with Crippen molar-refractivity contribution in [3.05, 3.63) is 66.2 Å². The molecule has 3 aromatic rings. The number of nitrogens with one attached hydrogen (secondary N) is 2. The number of nitrogens with two attached hydrogens (primary N) is 1. The molecule has 1 aromatic heterocycles. The summed E-state index contributed by atoms with van der Waals surface area (Å²) in [5.74, 6) is 1.25. The van der Waals surface area contributed by atoms with Crippen molar-refractivity contribution in [2.24, 2.45) is 10.7 Å². The van der Waals surface area contributed by atoms with Gasteiger partial charge in [0.25, 0.3) is 0 Å². The van der Waals surface area contributed by atoms with Crippen LogP contribution in [0.25, 0.3) is 10.9 Å². The van der Waals surface area contributed by atoms with Crippen LogP contribution in [0.5, 0.6) is 0 Å². The molecule has 0 radical (unpaired) electrons. The summed E-state index contributed by atoms with van der Waals surface area (Å²) in [6.07, 6.45) is 0. The van der Waals surface area contributed by atoms with Crippen molar-refractivity contribution >= 4 is 28.4 Å². The molecule has 122 valence electrons. The predicted molar refractivity (Wildman–Crippen MR) is 102 cm³/mol. The van der Waals surface area contributed by atoms with Crippen LogP contribution in [0, 0.1) is 6.92 Å². The number of nitrogens with zero attached hydrogens (tertiary/aromatic N) is 2. The molecular weight excluding hydrogens is 298 g/mol. The third-order valence-corrected chi connectivity index (χ3v) is 3.62. The Bertz CT molecular complexity index is 840. The van der Waals surface area contributed by atoms with Crippen LogP contribution >= 0.6 is 0 Å². The number of rotatable bonds is 5. The van der Waals surface area contributed by atoms with Crippen LogP contribution in [0.4, 0.5) is 11.5 Å². The van der Waals surface area contributed by atoms with Gasteiger partial charge in [0, 0.05) is 17.6 Å². The fraction of sp³-hybridized carbons (Fsp3) is 0.158. The second-order valence-electron chi connectivity index (χ2n) is 5.57. The summed E-state index contributed by atoms with van der Waals surface area (Å²) in [5, 5.41) is 7.47. The van der Waals surface area contributed by atoms with Crippen LogP contribution in [0.1, 0.15) is 5.56 Å². The summed E-state index contributed by atoms with van der Waals surface area (Å²) < 4.78 is 0. The molecule has 3 rings (SSSR count). The molecule has 0 unspecified atom stereocenters. The number of anilines is 2.